The van der Waals surface area contributed by atoms with E-state index in [9.17, 15) is 9.59 Å². The highest BCUT2D eigenvalue weighted by molar-refractivity contribution is 6.27. The number of carbonyl (C=O) groups is 2. The summed E-state index contributed by atoms with van der Waals surface area (Å²) in [6.07, 6.45) is 0. The first kappa shape index (κ1) is 11.4. The number of ketones is 1. The average Bonchev–Trinajstić information content (AvgIpc) is 2.04. The summed E-state index contributed by atoms with van der Waals surface area (Å²) in [4.78, 5) is 21.5. The molecule has 2 N–H and O–H groups in total. The van der Waals surface area contributed by atoms with Crippen molar-refractivity contribution in [3.63, 3.8) is 0 Å². The van der Waals surface area contributed by atoms with Crippen LogP contribution < -0.4 is 10.6 Å². The first-order chi connectivity index (χ1) is 5.61. The lowest BCUT2D eigenvalue weighted by Gasteiger charge is -2.12. The lowest BCUT2D eigenvalue weighted by atomic mass is 10.2. The lowest BCUT2D eigenvalue weighted by Crippen LogP contribution is -2.43. The second kappa shape index (κ2) is 5.97. The fraction of sp³-hybridized carbons (Fsp3) is 0.714. The lowest BCUT2D eigenvalue weighted by molar-refractivity contribution is -0.120. The largest absolute Gasteiger partial charge is 0.353 e. The molecule has 0 spiro atoms. The molecule has 12 heavy (non-hydrogen) atoms. The summed E-state index contributed by atoms with van der Waals surface area (Å²) < 4.78 is 0. The van der Waals surface area contributed by atoms with Crippen molar-refractivity contribution < 1.29 is 9.59 Å². The number of alkyl halides is 1. The van der Waals surface area contributed by atoms with Gasteiger partial charge in [0.05, 0.1) is 6.04 Å². The van der Waals surface area contributed by atoms with E-state index >= 15 is 0 Å². The van der Waals surface area contributed by atoms with E-state index in [2.05, 4.69) is 10.6 Å². The van der Waals surface area contributed by atoms with Crippen molar-refractivity contribution in [2.75, 3.05) is 19.5 Å². The minimum atomic E-state index is -0.322. The minimum absolute atomic E-state index is 0.00706. The van der Waals surface area contributed by atoms with E-state index in [-0.39, 0.29) is 30.2 Å². The number of rotatable bonds is 5. The molecule has 0 aromatic rings. The molecule has 4 nitrogen and oxygen atoms in total. The first-order valence-electron chi connectivity index (χ1n) is 3.62. The van der Waals surface area contributed by atoms with Gasteiger partial charge in [-0.05, 0) is 14.0 Å². The predicted octanol–water partition coefficient (Wildman–Crippen LogP) is -0.482. The van der Waals surface area contributed by atoms with Gasteiger partial charge in [0.15, 0.2) is 0 Å². The van der Waals surface area contributed by atoms with Gasteiger partial charge in [-0.1, -0.05) is 0 Å². The highest BCUT2D eigenvalue weighted by Gasteiger charge is 2.11. The third-order valence-electron chi connectivity index (χ3n) is 1.46. The Bertz CT molecular complexity index is 173. The van der Waals surface area contributed by atoms with Gasteiger partial charge in [-0.25, -0.2) is 0 Å². The molecule has 0 rings (SSSR count). The van der Waals surface area contributed by atoms with Crippen LogP contribution in [0.25, 0.3) is 0 Å². The molecule has 1 unspecified atom stereocenters. The van der Waals surface area contributed by atoms with Crippen molar-refractivity contribution in [3.8, 4) is 0 Å². The Morgan fingerprint density at radius 1 is 1.50 bits per heavy atom. The Kier molecular flexibility index (Phi) is 5.66. The van der Waals surface area contributed by atoms with Crippen molar-refractivity contribution in [1.29, 1.82) is 0 Å². The third kappa shape index (κ3) is 4.31. The molecule has 0 heterocycles. The fourth-order valence-corrected chi connectivity index (χ4v) is 0.807. The number of halogens is 1. The standard InChI is InChI=1S/C7H13ClN2O2/c1-5(11)6(9-2)4-10-7(12)3-8/h6,9H,3-4H2,1-2H3,(H,10,12). The van der Waals surface area contributed by atoms with Gasteiger partial charge < -0.3 is 10.6 Å². The Balaban J connectivity index is 3.73. The summed E-state index contributed by atoms with van der Waals surface area (Å²) >= 11 is 5.24. The molecule has 1 amide bonds. The van der Waals surface area contributed by atoms with E-state index < -0.39 is 0 Å². The Hall–Kier alpha value is -0.610. The molecule has 0 aliphatic heterocycles. The summed E-state index contributed by atoms with van der Waals surface area (Å²) in [6, 6.07) is -0.322. The molecule has 0 aromatic heterocycles. The topological polar surface area (TPSA) is 58.2 Å². The first-order valence-corrected chi connectivity index (χ1v) is 4.15. The smallest absolute Gasteiger partial charge is 0.234 e. The zero-order chi connectivity index (χ0) is 9.56. The molecule has 0 saturated heterocycles. The third-order valence-corrected chi connectivity index (χ3v) is 1.71. The molecule has 5 heteroatoms. The van der Waals surface area contributed by atoms with Gasteiger partial charge in [-0.15, -0.1) is 11.6 Å². The van der Waals surface area contributed by atoms with Crippen molar-refractivity contribution >= 4 is 23.3 Å². The Morgan fingerprint density at radius 2 is 2.08 bits per heavy atom. The van der Waals surface area contributed by atoms with Gasteiger partial charge in [0.1, 0.15) is 11.7 Å². The van der Waals surface area contributed by atoms with E-state index in [1.165, 1.54) is 6.92 Å². The van der Waals surface area contributed by atoms with Gasteiger partial charge in [0, 0.05) is 6.54 Å². The second-order valence-corrected chi connectivity index (χ2v) is 2.66. The van der Waals surface area contributed by atoms with Gasteiger partial charge in [0.2, 0.25) is 5.91 Å². The normalized spacial score (nSPS) is 12.2. The van der Waals surface area contributed by atoms with E-state index in [1.807, 2.05) is 0 Å². The van der Waals surface area contributed by atoms with Crippen molar-refractivity contribution in [1.82, 2.24) is 10.6 Å². The Morgan fingerprint density at radius 3 is 2.42 bits per heavy atom. The number of likely N-dealkylation sites (N-methyl/N-ethyl adjacent to an activating group) is 1. The Labute approximate surface area is 76.7 Å². The number of nitrogens with one attached hydrogen (secondary N) is 2. The maximum atomic E-state index is 10.8. The summed E-state index contributed by atoms with van der Waals surface area (Å²) in [5.41, 5.74) is 0. The number of hydrogen-bond donors (Lipinski definition) is 2. The molecule has 0 aliphatic carbocycles. The van der Waals surface area contributed by atoms with Crippen LogP contribution in [0.2, 0.25) is 0 Å². The van der Waals surface area contributed by atoms with Crippen LogP contribution in [0.5, 0.6) is 0 Å². The molecular formula is C7H13ClN2O2. The van der Waals surface area contributed by atoms with E-state index in [4.69, 9.17) is 11.6 Å². The number of Topliss-reactive ketones (excluding diaryl/α,β-unsaturated/α-hetero) is 1. The second-order valence-electron chi connectivity index (χ2n) is 2.39. The van der Waals surface area contributed by atoms with Crippen LogP contribution in [-0.4, -0.2) is 37.2 Å². The molecule has 0 aliphatic rings. The summed E-state index contributed by atoms with van der Waals surface area (Å²) in [7, 11) is 1.67. The van der Waals surface area contributed by atoms with Crippen molar-refractivity contribution in [2.24, 2.45) is 0 Å². The molecule has 0 aromatic carbocycles. The van der Waals surface area contributed by atoms with Crippen LogP contribution >= 0.6 is 11.6 Å². The van der Waals surface area contributed by atoms with E-state index in [0.717, 1.165) is 0 Å². The average molecular weight is 193 g/mol. The molecule has 70 valence electrons. The van der Waals surface area contributed by atoms with Gasteiger partial charge >= 0.3 is 0 Å². The van der Waals surface area contributed by atoms with E-state index in [0.29, 0.717) is 0 Å². The quantitative estimate of drug-likeness (QED) is 0.579. The molecule has 0 radical (unpaired) electrons. The summed E-state index contributed by atoms with van der Waals surface area (Å²) in [5.74, 6) is -0.348. The zero-order valence-corrected chi connectivity index (χ0v) is 7.94. The summed E-state index contributed by atoms with van der Waals surface area (Å²) in [6.45, 7) is 1.76. The maximum absolute atomic E-state index is 10.8. The van der Waals surface area contributed by atoms with Crippen LogP contribution in [0.15, 0.2) is 0 Å². The molecule has 0 saturated carbocycles. The van der Waals surface area contributed by atoms with Crippen LogP contribution in [0.4, 0.5) is 0 Å². The SMILES string of the molecule is CNC(CNC(=O)CCl)C(C)=O. The van der Waals surface area contributed by atoms with Crippen molar-refractivity contribution in [2.45, 2.75) is 13.0 Å². The minimum Gasteiger partial charge on any atom is -0.353 e. The van der Waals surface area contributed by atoms with Crippen LogP contribution in [0, 0.1) is 0 Å². The predicted molar refractivity (Wildman–Crippen MR) is 47.3 cm³/mol. The van der Waals surface area contributed by atoms with Crippen molar-refractivity contribution in [3.05, 3.63) is 0 Å². The highest BCUT2D eigenvalue weighted by atomic mass is 35.5. The summed E-state index contributed by atoms with van der Waals surface area (Å²) in [5, 5.41) is 5.28. The highest BCUT2D eigenvalue weighted by Crippen LogP contribution is 1.83. The zero-order valence-electron chi connectivity index (χ0n) is 7.19. The number of hydrogen-bond acceptors (Lipinski definition) is 3. The van der Waals surface area contributed by atoms with Gasteiger partial charge in [0.25, 0.3) is 0 Å². The molecule has 0 fully saturated rings. The van der Waals surface area contributed by atoms with Crippen LogP contribution in [-0.2, 0) is 9.59 Å². The van der Waals surface area contributed by atoms with Crippen LogP contribution in [0.3, 0.4) is 0 Å². The molecule has 1 atom stereocenters. The number of amides is 1. The van der Waals surface area contributed by atoms with Gasteiger partial charge in [-0.2, -0.15) is 0 Å². The van der Waals surface area contributed by atoms with E-state index in [1.54, 1.807) is 7.05 Å². The van der Waals surface area contributed by atoms with Crippen LogP contribution in [0.1, 0.15) is 6.92 Å². The fourth-order valence-electron chi connectivity index (χ4n) is 0.712. The maximum Gasteiger partial charge on any atom is 0.234 e. The molecular weight excluding hydrogens is 180 g/mol. The number of carbonyl (C=O) groups excluding carboxylic acids is 2. The monoisotopic (exact) mass is 192 g/mol. The molecule has 0 bridgehead atoms. The van der Waals surface area contributed by atoms with Gasteiger partial charge in [-0.3, -0.25) is 9.59 Å².